The van der Waals surface area contributed by atoms with Gasteiger partial charge in [-0.2, -0.15) is 0 Å². The second-order valence-electron chi connectivity index (χ2n) is 8.86. The summed E-state index contributed by atoms with van der Waals surface area (Å²) in [6, 6.07) is 48.2. The van der Waals surface area contributed by atoms with Gasteiger partial charge in [-0.3, -0.25) is 0 Å². The van der Waals surface area contributed by atoms with Crippen LogP contribution in [0.5, 0.6) is 0 Å². The maximum absolute atomic E-state index is 4.96. The lowest BCUT2D eigenvalue weighted by molar-refractivity contribution is 1.18. The van der Waals surface area contributed by atoms with Crippen LogP contribution in [0.4, 0.5) is 0 Å². The Morgan fingerprint density at radius 3 is 1.16 bits per heavy atom. The molecule has 0 aliphatic heterocycles. The smallest absolute Gasteiger partial charge is 0.160 e. The molecule has 5 aromatic carbocycles. The molecule has 0 saturated carbocycles. The summed E-state index contributed by atoms with van der Waals surface area (Å²) in [5.41, 5.74) is 9.66. The van der Waals surface area contributed by atoms with E-state index in [0.29, 0.717) is 0 Å². The van der Waals surface area contributed by atoms with Crippen LogP contribution >= 0.6 is 15.9 Å². The molecule has 0 radical (unpaired) electrons. The Kier molecular flexibility index (Phi) is 6.45. The Bertz CT molecular complexity index is 1630. The first-order chi connectivity index (χ1) is 18.2. The van der Waals surface area contributed by atoms with Crippen molar-refractivity contribution >= 4 is 15.9 Å². The van der Waals surface area contributed by atoms with E-state index >= 15 is 0 Å². The van der Waals surface area contributed by atoms with Crippen molar-refractivity contribution in [2.75, 3.05) is 0 Å². The first kappa shape index (κ1) is 23.1. The molecule has 0 spiro atoms. The number of benzene rings is 5. The molecule has 1 heterocycles. The SMILES string of the molecule is Brc1ccc(-c2ccc(-c3cc(-c4ccc(-c5ccccc5)cc4)nc(-c4ccccc4)n3)cc2)cc1. The minimum absolute atomic E-state index is 0.720. The van der Waals surface area contributed by atoms with Gasteiger partial charge in [-0.25, -0.2) is 9.97 Å². The fourth-order valence-electron chi connectivity index (χ4n) is 4.40. The molecule has 0 bridgehead atoms. The van der Waals surface area contributed by atoms with Gasteiger partial charge in [0.25, 0.3) is 0 Å². The third-order valence-electron chi connectivity index (χ3n) is 6.40. The Morgan fingerprint density at radius 2 is 0.703 bits per heavy atom. The van der Waals surface area contributed by atoms with Crippen molar-refractivity contribution in [1.82, 2.24) is 9.97 Å². The molecule has 2 nitrogen and oxygen atoms in total. The third kappa shape index (κ3) is 5.13. The molecule has 0 saturated heterocycles. The maximum Gasteiger partial charge on any atom is 0.160 e. The van der Waals surface area contributed by atoms with Gasteiger partial charge in [-0.15, -0.1) is 0 Å². The van der Waals surface area contributed by atoms with E-state index in [1.54, 1.807) is 0 Å². The van der Waals surface area contributed by atoms with Crippen LogP contribution in [0.15, 0.2) is 144 Å². The Hall–Kier alpha value is -4.34. The largest absolute Gasteiger partial charge is 0.228 e. The number of rotatable bonds is 5. The van der Waals surface area contributed by atoms with Gasteiger partial charge in [0.2, 0.25) is 0 Å². The van der Waals surface area contributed by atoms with Crippen LogP contribution in [0.25, 0.3) is 56.2 Å². The number of nitrogens with zero attached hydrogens (tertiary/aromatic N) is 2. The fourth-order valence-corrected chi connectivity index (χ4v) is 4.66. The van der Waals surface area contributed by atoms with Crippen LogP contribution in [0.1, 0.15) is 0 Å². The Morgan fingerprint density at radius 1 is 0.351 bits per heavy atom. The first-order valence-corrected chi connectivity index (χ1v) is 13.0. The fraction of sp³-hybridized carbons (Fsp3) is 0. The lowest BCUT2D eigenvalue weighted by Crippen LogP contribution is -1.96. The second kappa shape index (κ2) is 10.3. The summed E-state index contributed by atoms with van der Waals surface area (Å²) in [7, 11) is 0. The average Bonchev–Trinajstić information content (AvgIpc) is 2.98. The molecule has 0 aliphatic carbocycles. The van der Waals surface area contributed by atoms with E-state index in [4.69, 9.17) is 9.97 Å². The third-order valence-corrected chi connectivity index (χ3v) is 6.93. The molecule has 37 heavy (non-hydrogen) atoms. The quantitative estimate of drug-likeness (QED) is 0.218. The number of aromatic nitrogens is 2. The van der Waals surface area contributed by atoms with Crippen molar-refractivity contribution in [1.29, 1.82) is 0 Å². The average molecular weight is 539 g/mol. The van der Waals surface area contributed by atoms with E-state index in [1.807, 2.05) is 24.3 Å². The molecule has 6 aromatic rings. The molecule has 6 rings (SSSR count). The van der Waals surface area contributed by atoms with Crippen molar-refractivity contribution in [2.24, 2.45) is 0 Å². The highest BCUT2D eigenvalue weighted by atomic mass is 79.9. The van der Waals surface area contributed by atoms with E-state index in [9.17, 15) is 0 Å². The predicted octanol–water partition coefficient (Wildman–Crippen LogP) is 9.57. The van der Waals surface area contributed by atoms with Gasteiger partial charge in [0, 0.05) is 21.2 Å². The van der Waals surface area contributed by atoms with Crippen molar-refractivity contribution in [2.45, 2.75) is 0 Å². The highest BCUT2D eigenvalue weighted by molar-refractivity contribution is 9.10. The minimum Gasteiger partial charge on any atom is -0.228 e. The Balaban J connectivity index is 1.40. The highest BCUT2D eigenvalue weighted by Gasteiger charge is 2.11. The summed E-state index contributed by atoms with van der Waals surface area (Å²) in [6.07, 6.45) is 0. The summed E-state index contributed by atoms with van der Waals surface area (Å²) >= 11 is 3.51. The van der Waals surface area contributed by atoms with Gasteiger partial charge in [0.1, 0.15) is 0 Å². The first-order valence-electron chi connectivity index (χ1n) is 12.2. The predicted molar refractivity (Wildman–Crippen MR) is 157 cm³/mol. The van der Waals surface area contributed by atoms with Crippen molar-refractivity contribution < 1.29 is 0 Å². The molecule has 176 valence electrons. The van der Waals surface area contributed by atoms with Gasteiger partial charge < -0.3 is 0 Å². The lowest BCUT2D eigenvalue weighted by atomic mass is 10.0. The molecule has 1 aromatic heterocycles. The normalized spacial score (nSPS) is 10.8. The monoisotopic (exact) mass is 538 g/mol. The van der Waals surface area contributed by atoms with Gasteiger partial charge in [0.05, 0.1) is 11.4 Å². The van der Waals surface area contributed by atoms with Crippen LogP contribution < -0.4 is 0 Å². The minimum atomic E-state index is 0.720. The standard InChI is InChI=1S/C34H23BrN2/c35-31-21-19-27(20-22-31)26-13-17-29(18-14-26)33-23-32(36-34(37-33)30-9-5-2-6-10-30)28-15-11-25(12-16-28)24-7-3-1-4-8-24/h1-23H. The molecule has 0 fully saturated rings. The van der Waals surface area contributed by atoms with Crippen molar-refractivity contribution in [3.8, 4) is 56.2 Å². The molecule has 0 aliphatic rings. The zero-order chi connectivity index (χ0) is 25.0. The number of halogens is 1. The molecule has 0 unspecified atom stereocenters. The maximum atomic E-state index is 4.96. The van der Waals surface area contributed by atoms with E-state index in [1.165, 1.54) is 22.3 Å². The summed E-state index contributed by atoms with van der Waals surface area (Å²) in [4.78, 5) is 9.92. The lowest BCUT2D eigenvalue weighted by Gasteiger charge is -2.11. The van der Waals surface area contributed by atoms with E-state index < -0.39 is 0 Å². The highest BCUT2D eigenvalue weighted by Crippen LogP contribution is 2.30. The van der Waals surface area contributed by atoms with Crippen LogP contribution in [-0.2, 0) is 0 Å². The van der Waals surface area contributed by atoms with Gasteiger partial charge in [-0.1, -0.05) is 137 Å². The topological polar surface area (TPSA) is 25.8 Å². The van der Waals surface area contributed by atoms with Crippen LogP contribution in [0.3, 0.4) is 0 Å². The molecule has 0 atom stereocenters. The van der Waals surface area contributed by atoms with Crippen LogP contribution in [-0.4, -0.2) is 9.97 Å². The summed E-state index contributed by atoms with van der Waals surface area (Å²) in [5, 5.41) is 0. The summed E-state index contributed by atoms with van der Waals surface area (Å²) in [5.74, 6) is 0.720. The zero-order valence-corrected chi connectivity index (χ0v) is 21.6. The van der Waals surface area contributed by atoms with E-state index in [0.717, 1.165) is 38.4 Å². The van der Waals surface area contributed by atoms with Crippen LogP contribution in [0.2, 0.25) is 0 Å². The van der Waals surface area contributed by atoms with Crippen molar-refractivity contribution in [3.05, 3.63) is 144 Å². The Labute approximate surface area is 225 Å². The molecule has 0 N–H and O–H groups in total. The molecular weight excluding hydrogens is 516 g/mol. The van der Waals surface area contributed by atoms with Gasteiger partial charge in [0.15, 0.2) is 5.82 Å². The van der Waals surface area contributed by atoms with Gasteiger partial charge in [-0.05, 0) is 40.5 Å². The summed E-state index contributed by atoms with van der Waals surface area (Å²) in [6.45, 7) is 0. The molecule has 3 heteroatoms. The van der Waals surface area contributed by atoms with Gasteiger partial charge >= 0.3 is 0 Å². The number of hydrogen-bond acceptors (Lipinski definition) is 2. The van der Waals surface area contributed by atoms with Crippen LogP contribution in [0, 0.1) is 0 Å². The number of hydrogen-bond donors (Lipinski definition) is 0. The molecule has 0 amide bonds. The van der Waals surface area contributed by atoms with E-state index in [2.05, 4.69) is 131 Å². The van der Waals surface area contributed by atoms with Crippen molar-refractivity contribution in [3.63, 3.8) is 0 Å². The zero-order valence-electron chi connectivity index (χ0n) is 20.1. The molecular formula is C34H23BrN2. The second-order valence-corrected chi connectivity index (χ2v) is 9.77. The summed E-state index contributed by atoms with van der Waals surface area (Å²) < 4.78 is 1.08. The van der Waals surface area contributed by atoms with E-state index in [-0.39, 0.29) is 0 Å².